The van der Waals surface area contributed by atoms with Crippen molar-refractivity contribution in [3.05, 3.63) is 17.0 Å². The predicted octanol–water partition coefficient (Wildman–Crippen LogP) is 3.23. The van der Waals surface area contributed by atoms with E-state index in [2.05, 4.69) is 4.98 Å². The van der Waals surface area contributed by atoms with Gasteiger partial charge in [0.05, 0.1) is 22.6 Å². The standard InChI is InChI=1S/C14H18N2O3S/c1-7(2)18-10-6-5-9-12(16-10)11(15)13(20-9)14(17)19-8(3)4/h5-8H,15H2,1-4H3. The van der Waals surface area contributed by atoms with Crippen molar-refractivity contribution in [2.45, 2.75) is 39.9 Å². The molecule has 2 aromatic heterocycles. The van der Waals surface area contributed by atoms with Gasteiger partial charge in [-0.25, -0.2) is 9.78 Å². The summed E-state index contributed by atoms with van der Waals surface area (Å²) in [7, 11) is 0. The number of nitrogen functional groups attached to an aromatic ring is 1. The summed E-state index contributed by atoms with van der Waals surface area (Å²) >= 11 is 1.28. The first-order chi connectivity index (χ1) is 9.38. The van der Waals surface area contributed by atoms with Gasteiger partial charge in [0.25, 0.3) is 0 Å². The Hall–Kier alpha value is -1.82. The highest BCUT2D eigenvalue weighted by molar-refractivity contribution is 7.21. The van der Waals surface area contributed by atoms with Crippen LogP contribution < -0.4 is 10.5 Å². The average Bonchev–Trinajstić information content (AvgIpc) is 2.65. The number of thiophene rings is 1. The smallest absolute Gasteiger partial charge is 0.350 e. The van der Waals surface area contributed by atoms with E-state index in [1.54, 1.807) is 19.9 Å². The molecule has 0 aliphatic carbocycles. The van der Waals surface area contributed by atoms with Crippen molar-refractivity contribution in [2.75, 3.05) is 5.73 Å². The zero-order chi connectivity index (χ0) is 14.9. The van der Waals surface area contributed by atoms with Gasteiger partial charge in [-0.1, -0.05) is 0 Å². The Morgan fingerprint density at radius 2 is 1.95 bits per heavy atom. The van der Waals surface area contributed by atoms with E-state index in [0.29, 0.717) is 22.0 Å². The van der Waals surface area contributed by atoms with Gasteiger partial charge in [-0.15, -0.1) is 11.3 Å². The zero-order valence-electron chi connectivity index (χ0n) is 12.0. The Kier molecular flexibility index (Phi) is 4.13. The van der Waals surface area contributed by atoms with E-state index >= 15 is 0 Å². The van der Waals surface area contributed by atoms with Crippen LogP contribution in [0.25, 0.3) is 10.2 Å². The van der Waals surface area contributed by atoms with Crippen LogP contribution in [0.3, 0.4) is 0 Å². The maximum absolute atomic E-state index is 12.0. The second-order valence-corrected chi connectivity index (χ2v) is 6.01. The second-order valence-electron chi connectivity index (χ2n) is 4.96. The Morgan fingerprint density at radius 3 is 2.55 bits per heavy atom. The third kappa shape index (κ3) is 3.01. The van der Waals surface area contributed by atoms with E-state index in [1.165, 1.54) is 11.3 Å². The number of pyridine rings is 1. The summed E-state index contributed by atoms with van der Waals surface area (Å²) < 4.78 is 11.5. The molecule has 2 N–H and O–H groups in total. The summed E-state index contributed by atoms with van der Waals surface area (Å²) in [6.45, 7) is 7.45. The van der Waals surface area contributed by atoms with Crippen molar-refractivity contribution in [3.8, 4) is 5.88 Å². The fourth-order valence-electron chi connectivity index (χ4n) is 1.70. The van der Waals surface area contributed by atoms with Crippen LogP contribution in [-0.4, -0.2) is 23.2 Å². The number of hydrogen-bond acceptors (Lipinski definition) is 6. The molecule has 2 heterocycles. The predicted molar refractivity (Wildman–Crippen MR) is 80.3 cm³/mol. The Bertz CT molecular complexity index is 635. The molecule has 0 unspecified atom stereocenters. The number of esters is 1. The van der Waals surface area contributed by atoms with E-state index < -0.39 is 5.97 Å². The van der Waals surface area contributed by atoms with Crippen molar-refractivity contribution in [1.29, 1.82) is 0 Å². The van der Waals surface area contributed by atoms with Crippen LogP contribution in [0.1, 0.15) is 37.4 Å². The van der Waals surface area contributed by atoms with E-state index in [4.69, 9.17) is 15.2 Å². The maximum atomic E-state index is 12.0. The third-order valence-corrected chi connectivity index (χ3v) is 3.57. The Balaban J connectivity index is 2.40. The summed E-state index contributed by atoms with van der Waals surface area (Å²) in [5.74, 6) is 0.0904. The molecule has 0 radical (unpaired) electrons. The van der Waals surface area contributed by atoms with Crippen LogP contribution in [0.2, 0.25) is 0 Å². The highest BCUT2D eigenvalue weighted by Gasteiger charge is 2.20. The molecule has 5 nitrogen and oxygen atoms in total. The van der Waals surface area contributed by atoms with Gasteiger partial charge in [0.15, 0.2) is 0 Å². The summed E-state index contributed by atoms with van der Waals surface area (Å²) in [6.07, 6.45) is -0.148. The van der Waals surface area contributed by atoms with Gasteiger partial charge < -0.3 is 15.2 Å². The largest absolute Gasteiger partial charge is 0.475 e. The highest BCUT2D eigenvalue weighted by atomic mass is 32.1. The van der Waals surface area contributed by atoms with Crippen LogP contribution in [0.4, 0.5) is 5.69 Å². The Morgan fingerprint density at radius 1 is 1.25 bits per heavy atom. The average molecular weight is 294 g/mol. The number of rotatable bonds is 4. The quantitative estimate of drug-likeness (QED) is 0.876. The van der Waals surface area contributed by atoms with E-state index in [1.807, 2.05) is 19.9 Å². The van der Waals surface area contributed by atoms with Crippen molar-refractivity contribution in [3.63, 3.8) is 0 Å². The number of nitrogens with zero attached hydrogens (tertiary/aromatic N) is 1. The summed E-state index contributed by atoms with van der Waals surface area (Å²) in [6, 6.07) is 3.63. The molecular formula is C14H18N2O3S. The molecule has 0 bridgehead atoms. The molecule has 0 aromatic carbocycles. The number of carbonyl (C=O) groups is 1. The van der Waals surface area contributed by atoms with Crippen LogP contribution >= 0.6 is 11.3 Å². The SMILES string of the molecule is CC(C)OC(=O)c1sc2ccc(OC(C)C)nc2c1N. The van der Waals surface area contributed by atoms with Crippen molar-refractivity contribution in [2.24, 2.45) is 0 Å². The molecule has 0 aliphatic heterocycles. The van der Waals surface area contributed by atoms with Crippen LogP contribution in [-0.2, 0) is 4.74 Å². The summed E-state index contributed by atoms with van der Waals surface area (Å²) in [5.41, 5.74) is 6.95. The fraction of sp³-hybridized carbons (Fsp3) is 0.429. The molecule has 2 aromatic rings. The van der Waals surface area contributed by atoms with Crippen LogP contribution in [0.5, 0.6) is 5.88 Å². The van der Waals surface area contributed by atoms with Crippen molar-refractivity contribution >= 4 is 33.2 Å². The molecule has 2 rings (SSSR count). The molecule has 6 heteroatoms. The number of hydrogen-bond donors (Lipinski definition) is 1. The number of fused-ring (bicyclic) bond motifs is 1. The molecule has 0 aliphatic rings. The van der Waals surface area contributed by atoms with E-state index in [9.17, 15) is 4.79 Å². The number of anilines is 1. The molecule has 108 valence electrons. The minimum atomic E-state index is -0.410. The first-order valence-electron chi connectivity index (χ1n) is 6.45. The minimum absolute atomic E-state index is 0.0326. The number of nitrogens with two attached hydrogens (primary N) is 1. The second kappa shape index (κ2) is 5.66. The van der Waals surface area contributed by atoms with Crippen molar-refractivity contribution < 1.29 is 14.3 Å². The molecule has 0 fully saturated rings. The van der Waals surface area contributed by atoms with Gasteiger partial charge in [-0.3, -0.25) is 0 Å². The number of carbonyl (C=O) groups excluding carboxylic acids is 1. The van der Waals surface area contributed by atoms with E-state index in [-0.39, 0.29) is 12.2 Å². The lowest BCUT2D eigenvalue weighted by molar-refractivity contribution is 0.0385. The zero-order valence-corrected chi connectivity index (χ0v) is 12.8. The molecule has 0 saturated heterocycles. The fourth-order valence-corrected chi connectivity index (χ4v) is 2.65. The first kappa shape index (κ1) is 14.6. The lowest BCUT2D eigenvalue weighted by atomic mass is 10.3. The molecule has 0 spiro atoms. The summed E-state index contributed by atoms with van der Waals surface area (Å²) in [4.78, 5) is 16.7. The van der Waals surface area contributed by atoms with Gasteiger partial charge in [0, 0.05) is 6.07 Å². The van der Waals surface area contributed by atoms with Gasteiger partial charge in [-0.2, -0.15) is 0 Å². The van der Waals surface area contributed by atoms with Gasteiger partial charge in [0.1, 0.15) is 10.4 Å². The van der Waals surface area contributed by atoms with Gasteiger partial charge in [0.2, 0.25) is 5.88 Å². The number of aromatic nitrogens is 1. The molecule has 0 amide bonds. The molecular weight excluding hydrogens is 276 g/mol. The third-order valence-electron chi connectivity index (χ3n) is 2.43. The van der Waals surface area contributed by atoms with Crippen molar-refractivity contribution in [1.82, 2.24) is 4.98 Å². The molecule has 0 saturated carbocycles. The number of ether oxygens (including phenoxy) is 2. The minimum Gasteiger partial charge on any atom is -0.475 e. The van der Waals surface area contributed by atoms with Gasteiger partial charge in [-0.05, 0) is 33.8 Å². The van der Waals surface area contributed by atoms with E-state index in [0.717, 1.165) is 4.70 Å². The Labute approximate surface area is 121 Å². The molecule has 0 atom stereocenters. The lowest BCUT2D eigenvalue weighted by Gasteiger charge is -2.08. The topological polar surface area (TPSA) is 74.4 Å². The summed E-state index contributed by atoms with van der Waals surface area (Å²) in [5, 5.41) is 0. The van der Waals surface area contributed by atoms with Crippen LogP contribution in [0, 0.1) is 0 Å². The molecule has 20 heavy (non-hydrogen) atoms. The lowest BCUT2D eigenvalue weighted by Crippen LogP contribution is -2.11. The van der Waals surface area contributed by atoms with Crippen LogP contribution in [0.15, 0.2) is 12.1 Å². The normalized spacial score (nSPS) is 11.3. The first-order valence-corrected chi connectivity index (χ1v) is 7.26. The maximum Gasteiger partial charge on any atom is 0.350 e. The highest BCUT2D eigenvalue weighted by Crippen LogP contribution is 2.34. The monoisotopic (exact) mass is 294 g/mol. The van der Waals surface area contributed by atoms with Gasteiger partial charge >= 0.3 is 5.97 Å².